The molecule has 0 saturated carbocycles. The van der Waals surface area contributed by atoms with Crippen molar-refractivity contribution in [2.45, 2.75) is 12.8 Å². The number of nitrogen functional groups attached to an aromatic ring is 1. The minimum absolute atomic E-state index is 0.154. The van der Waals surface area contributed by atoms with E-state index in [1.807, 2.05) is 0 Å². The largest absolute Gasteiger partial charge is 0.383 e. The molecule has 0 aromatic carbocycles. The molecule has 0 fully saturated rings. The summed E-state index contributed by atoms with van der Waals surface area (Å²) in [5.74, 6) is -2.70. The number of halogens is 2. The Morgan fingerprint density at radius 1 is 1.70 bits per heavy atom. The summed E-state index contributed by atoms with van der Waals surface area (Å²) in [6.07, 6.45) is 0. The molecule has 0 aliphatic carbocycles. The number of aromatic nitrogens is 1. The standard InChI is InChI=1S/C5H6F2N2S/c1-5(6,7)4-9-3(8)2-10-4/h2H,8H2,1H3. The highest BCUT2D eigenvalue weighted by Gasteiger charge is 2.27. The highest BCUT2D eigenvalue weighted by atomic mass is 32.1. The smallest absolute Gasteiger partial charge is 0.296 e. The van der Waals surface area contributed by atoms with Crippen LogP contribution in [0.1, 0.15) is 11.9 Å². The lowest BCUT2D eigenvalue weighted by molar-refractivity contribution is 0.0173. The Morgan fingerprint density at radius 2 is 2.30 bits per heavy atom. The van der Waals surface area contributed by atoms with Crippen LogP contribution in [0.3, 0.4) is 0 Å². The molecular formula is C5H6F2N2S. The predicted molar refractivity (Wildman–Crippen MR) is 36.1 cm³/mol. The Hall–Kier alpha value is -0.710. The molecule has 1 heterocycles. The Kier molecular flexibility index (Phi) is 1.60. The van der Waals surface area contributed by atoms with Crippen LogP contribution in [-0.2, 0) is 5.92 Å². The van der Waals surface area contributed by atoms with Crippen LogP contribution in [0.15, 0.2) is 5.38 Å². The van der Waals surface area contributed by atoms with Crippen LogP contribution in [0.25, 0.3) is 0 Å². The summed E-state index contributed by atoms with van der Waals surface area (Å²) in [5.41, 5.74) is 5.14. The molecule has 0 aliphatic heterocycles. The summed E-state index contributed by atoms with van der Waals surface area (Å²) in [5, 5.41) is 1.16. The van der Waals surface area contributed by atoms with Gasteiger partial charge >= 0.3 is 0 Å². The fraction of sp³-hybridized carbons (Fsp3) is 0.400. The van der Waals surface area contributed by atoms with Gasteiger partial charge in [0, 0.05) is 12.3 Å². The highest BCUT2D eigenvalue weighted by Crippen LogP contribution is 2.29. The fourth-order valence-corrected chi connectivity index (χ4v) is 1.14. The van der Waals surface area contributed by atoms with Gasteiger partial charge in [0.25, 0.3) is 5.92 Å². The van der Waals surface area contributed by atoms with Crippen LogP contribution >= 0.6 is 11.3 Å². The van der Waals surface area contributed by atoms with E-state index in [-0.39, 0.29) is 10.8 Å². The zero-order valence-electron chi connectivity index (χ0n) is 5.27. The van der Waals surface area contributed by atoms with Gasteiger partial charge in [0.2, 0.25) is 0 Å². The SMILES string of the molecule is CC(F)(F)c1nc(N)cs1. The van der Waals surface area contributed by atoms with Crippen molar-refractivity contribution in [2.24, 2.45) is 0 Å². The summed E-state index contributed by atoms with van der Waals surface area (Å²) in [4.78, 5) is 3.43. The monoisotopic (exact) mass is 164 g/mol. The van der Waals surface area contributed by atoms with Crippen molar-refractivity contribution >= 4 is 17.2 Å². The molecule has 56 valence electrons. The maximum absolute atomic E-state index is 12.4. The van der Waals surface area contributed by atoms with Crippen LogP contribution in [0.5, 0.6) is 0 Å². The van der Waals surface area contributed by atoms with E-state index < -0.39 is 5.92 Å². The third-order valence-electron chi connectivity index (χ3n) is 0.897. The molecule has 0 bridgehead atoms. The number of nitrogens with two attached hydrogens (primary N) is 1. The normalized spacial score (nSPS) is 11.9. The predicted octanol–water partition coefficient (Wildman–Crippen LogP) is 1.84. The zero-order chi connectivity index (χ0) is 7.78. The average molecular weight is 164 g/mol. The summed E-state index contributed by atoms with van der Waals surface area (Å²) in [6.45, 7) is 0.797. The number of rotatable bonds is 1. The lowest BCUT2D eigenvalue weighted by Gasteiger charge is -2.03. The van der Waals surface area contributed by atoms with Crippen molar-refractivity contribution in [3.63, 3.8) is 0 Å². The van der Waals surface area contributed by atoms with Crippen molar-refractivity contribution < 1.29 is 8.78 Å². The molecule has 2 N–H and O–H groups in total. The molecule has 0 aliphatic rings. The van der Waals surface area contributed by atoms with Crippen LogP contribution in [0.4, 0.5) is 14.6 Å². The number of anilines is 1. The molecule has 0 amide bonds. The van der Waals surface area contributed by atoms with Gasteiger partial charge in [0.05, 0.1) is 0 Å². The van der Waals surface area contributed by atoms with Crippen molar-refractivity contribution in [3.05, 3.63) is 10.4 Å². The van der Waals surface area contributed by atoms with E-state index in [0.29, 0.717) is 0 Å². The Bertz CT molecular complexity index is 228. The van der Waals surface area contributed by atoms with E-state index >= 15 is 0 Å². The Labute approximate surface area is 60.7 Å². The minimum atomic E-state index is -2.86. The zero-order valence-corrected chi connectivity index (χ0v) is 6.08. The van der Waals surface area contributed by atoms with Crippen LogP contribution in [0.2, 0.25) is 0 Å². The van der Waals surface area contributed by atoms with E-state index in [4.69, 9.17) is 5.73 Å². The van der Waals surface area contributed by atoms with Gasteiger partial charge in [-0.1, -0.05) is 0 Å². The van der Waals surface area contributed by atoms with Gasteiger partial charge in [-0.05, 0) is 0 Å². The average Bonchev–Trinajstić information content (AvgIpc) is 2.11. The van der Waals surface area contributed by atoms with Crippen molar-refractivity contribution in [1.29, 1.82) is 0 Å². The van der Waals surface area contributed by atoms with Gasteiger partial charge in [-0.25, -0.2) is 4.98 Å². The van der Waals surface area contributed by atoms with Crippen molar-refractivity contribution in [1.82, 2.24) is 4.98 Å². The van der Waals surface area contributed by atoms with Crippen LogP contribution < -0.4 is 5.73 Å². The van der Waals surface area contributed by atoms with Crippen molar-refractivity contribution in [3.8, 4) is 0 Å². The molecule has 1 aromatic heterocycles. The summed E-state index contributed by atoms with van der Waals surface area (Å²) < 4.78 is 24.7. The lowest BCUT2D eigenvalue weighted by atomic mass is 10.4. The quantitative estimate of drug-likeness (QED) is 0.687. The second-order valence-electron chi connectivity index (χ2n) is 1.97. The second kappa shape index (κ2) is 2.16. The number of thiazole rings is 1. The van der Waals surface area contributed by atoms with Crippen molar-refractivity contribution in [2.75, 3.05) is 5.73 Å². The first kappa shape index (κ1) is 7.40. The summed E-state index contributed by atoms with van der Waals surface area (Å²) in [6, 6.07) is 0. The lowest BCUT2D eigenvalue weighted by Crippen LogP contribution is -2.06. The van der Waals surface area contributed by atoms with Crippen LogP contribution in [-0.4, -0.2) is 4.98 Å². The number of hydrogen-bond donors (Lipinski definition) is 1. The Morgan fingerprint density at radius 3 is 2.50 bits per heavy atom. The fourth-order valence-electron chi connectivity index (χ4n) is 0.488. The van der Waals surface area contributed by atoms with Gasteiger partial charge in [0.1, 0.15) is 5.82 Å². The maximum atomic E-state index is 12.4. The van der Waals surface area contributed by atoms with E-state index in [1.54, 1.807) is 0 Å². The number of hydrogen-bond acceptors (Lipinski definition) is 3. The molecule has 0 unspecified atom stereocenters. The molecule has 0 radical (unpaired) electrons. The van der Waals surface area contributed by atoms with Gasteiger partial charge in [-0.15, -0.1) is 11.3 Å². The first-order valence-electron chi connectivity index (χ1n) is 2.59. The summed E-state index contributed by atoms with van der Waals surface area (Å²) >= 11 is 0.870. The maximum Gasteiger partial charge on any atom is 0.296 e. The number of alkyl halides is 2. The molecule has 1 aromatic rings. The third kappa shape index (κ3) is 1.41. The summed E-state index contributed by atoms with van der Waals surface area (Å²) in [7, 11) is 0. The molecule has 0 spiro atoms. The minimum Gasteiger partial charge on any atom is -0.383 e. The molecule has 0 saturated heterocycles. The van der Waals surface area contributed by atoms with Gasteiger partial charge in [0.15, 0.2) is 5.01 Å². The first-order chi connectivity index (χ1) is 4.50. The topological polar surface area (TPSA) is 38.9 Å². The van der Waals surface area contributed by atoms with E-state index in [2.05, 4.69) is 4.98 Å². The van der Waals surface area contributed by atoms with Gasteiger partial charge in [-0.3, -0.25) is 0 Å². The first-order valence-corrected chi connectivity index (χ1v) is 3.47. The number of nitrogens with zero attached hydrogens (tertiary/aromatic N) is 1. The van der Waals surface area contributed by atoms with E-state index in [9.17, 15) is 8.78 Å². The molecule has 5 heteroatoms. The highest BCUT2D eigenvalue weighted by molar-refractivity contribution is 7.10. The molecule has 0 atom stereocenters. The molecular weight excluding hydrogens is 158 g/mol. The molecule has 2 nitrogen and oxygen atoms in total. The Balaban J connectivity index is 2.96. The third-order valence-corrected chi connectivity index (χ3v) is 1.93. The van der Waals surface area contributed by atoms with E-state index in [1.165, 1.54) is 5.38 Å². The van der Waals surface area contributed by atoms with Gasteiger partial charge < -0.3 is 5.73 Å². The van der Waals surface area contributed by atoms with Gasteiger partial charge in [-0.2, -0.15) is 8.78 Å². The van der Waals surface area contributed by atoms with E-state index in [0.717, 1.165) is 18.3 Å². The second-order valence-corrected chi connectivity index (χ2v) is 2.82. The molecule has 10 heavy (non-hydrogen) atoms. The molecule has 1 rings (SSSR count). The van der Waals surface area contributed by atoms with Crippen LogP contribution in [0, 0.1) is 0 Å².